The van der Waals surface area contributed by atoms with Gasteiger partial charge in [-0.05, 0) is 96.1 Å². The highest BCUT2D eigenvalue weighted by Gasteiger charge is 2.45. The van der Waals surface area contributed by atoms with Crippen LogP contribution in [0.4, 0.5) is 0 Å². The van der Waals surface area contributed by atoms with Gasteiger partial charge in [0.25, 0.3) is 5.91 Å². The lowest BCUT2D eigenvalue weighted by atomic mass is 9.95. The second kappa shape index (κ2) is 11.1. The average Bonchev–Trinajstić information content (AvgIpc) is 3.48. The Morgan fingerprint density at radius 2 is 1.90 bits per heavy atom. The van der Waals surface area contributed by atoms with Gasteiger partial charge in [0.05, 0.1) is 18.8 Å². The number of fused-ring (bicyclic) bond motifs is 2. The average molecular weight is 529 g/mol. The molecule has 3 heterocycles. The summed E-state index contributed by atoms with van der Waals surface area (Å²) in [5.74, 6) is 0.457. The molecule has 2 saturated heterocycles. The summed E-state index contributed by atoms with van der Waals surface area (Å²) in [4.78, 5) is 15.8. The summed E-state index contributed by atoms with van der Waals surface area (Å²) in [6, 6.07) is 0. The molecule has 31 heavy (non-hydrogen) atoms. The predicted molar refractivity (Wildman–Crippen MR) is 137 cm³/mol. The van der Waals surface area contributed by atoms with E-state index in [1.54, 1.807) is 0 Å². The number of nitrogens with one attached hydrogen (secondary N) is 1. The zero-order valence-corrected chi connectivity index (χ0v) is 22.7. The SMILES string of the molecule is CC/C=C(/NC(=O)c1c(C)c(P)c(Br)c2c1COC2)OCC12CCCN1CCC2.CP. The predicted octanol–water partition coefficient (Wildman–Crippen LogP) is 4.41. The molecule has 3 aliphatic rings. The highest BCUT2D eigenvalue weighted by atomic mass is 79.9. The maximum Gasteiger partial charge on any atom is 0.258 e. The fourth-order valence-corrected chi connectivity index (χ4v) is 5.99. The third-order valence-electron chi connectivity index (χ3n) is 6.60. The van der Waals surface area contributed by atoms with Gasteiger partial charge in [0, 0.05) is 10.0 Å². The van der Waals surface area contributed by atoms with Crippen molar-refractivity contribution in [3.05, 3.63) is 38.7 Å². The lowest BCUT2D eigenvalue weighted by molar-refractivity contribution is 0.0607. The minimum Gasteiger partial charge on any atom is -0.477 e. The number of hydrogen-bond donors (Lipinski definition) is 1. The van der Waals surface area contributed by atoms with Crippen LogP contribution in [0.25, 0.3) is 0 Å². The van der Waals surface area contributed by atoms with Crippen molar-refractivity contribution in [3.63, 3.8) is 0 Å². The lowest BCUT2D eigenvalue weighted by Gasteiger charge is -2.32. The summed E-state index contributed by atoms with van der Waals surface area (Å²) < 4.78 is 12.9. The van der Waals surface area contributed by atoms with Gasteiger partial charge in [0.1, 0.15) is 6.61 Å². The van der Waals surface area contributed by atoms with Crippen LogP contribution in [-0.4, -0.2) is 42.7 Å². The van der Waals surface area contributed by atoms with Gasteiger partial charge < -0.3 is 9.47 Å². The van der Waals surface area contributed by atoms with Crippen LogP contribution in [0, 0.1) is 6.92 Å². The molecule has 1 aromatic carbocycles. The molecule has 1 N–H and O–H groups in total. The minimum absolute atomic E-state index is 0.118. The maximum atomic E-state index is 13.3. The van der Waals surface area contributed by atoms with Crippen LogP contribution in [0.2, 0.25) is 0 Å². The van der Waals surface area contributed by atoms with Gasteiger partial charge in [-0.15, -0.1) is 18.5 Å². The molecule has 5 nitrogen and oxygen atoms in total. The summed E-state index contributed by atoms with van der Waals surface area (Å²) >= 11 is 3.66. The van der Waals surface area contributed by atoms with Crippen molar-refractivity contribution in [2.45, 2.75) is 64.7 Å². The summed E-state index contributed by atoms with van der Waals surface area (Å²) in [5, 5.41) is 4.06. The van der Waals surface area contributed by atoms with Crippen LogP contribution < -0.4 is 10.6 Å². The van der Waals surface area contributed by atoms with E-state index in [-0.39, 0.29) is 11.4 Å². The van der Waals surface area contributed by atoms with E-state index in [1.165, 1.54) is 38.8 Å². The van der Waals surface area contributed by atoms with E-state index in [2.05, 4.69) is 51.5 Å². The molecule has 0 bridgehead atoms. The summed E-state index contributed by atoms with van der Waals surface area (Å²) in [6.07, 6.45) is 7.63. The molecule has 2 atom stereocenters. The number of hydrogen-bond acceptors (Lipinski definition) is 4. The first-order valence-electron chi connectivity index (χ1n) is 11.1. The summed E-state index contributed by atoms with van der Waals surface area (Å²) in [5.41, 5.74) is 3.87. The van der Waals surface area contributed by atoms with Gasteiger partial charge in [-0.25, -0.2) is 0 Å². The molecule has 1 amide bonds. The molecule has 2 unspecified atom stereocenters. The zero-order chi connectivity index (χ0) is 22.6. The van der Waals surface area contributed by atoms with Crippen molar-refractivity contribution in [3.8, 4) is 0 Å². The maximum absolute atomic E-state index is 13.3. The van der Waals surface area contributed by atoms with E-state index < -0.39 is 0 Å². The van der Waals surface area contributed by atoms with Gasteiger partial charge in [-0.1, -0.05) is 13.6 Å². The molecule has 0 saturated carbocycles. The highest BCUT2D eigenvalue weighted by molar-refractivity contribution is 9.10. The molecule has 0 aliphatic carbocycles. The van der Waals surface area contributed by atoms with E-state index in [0.717, 1.165) is 32.9 Å². The topological polar surface area (TPSA) is 50.8 Å². The number of halogens is 1. The second-order valence-electron chi connectivity index (χ2n) is 8.32. The highest BCUT2D eigenvalue weighted by Crippen LogP contribution is 2.39. The number of benzene rings is 1. The third kappa shape index (κ3) is 5.04. The molecule has 0 radical (unpaired) electrons. The van der Waals surface area contributed by atoms with Crippen molar-refractivity contribution in [2.24, 2.45) is 0 Å². The van der Waals surface area contributed by atoms with E-state index in [1.807, 2.05) is 19.7 Å². The van der Waals surface area contributed by atoms with Gasteiger partial charge in [0.2, 0.25) is 0 Å². The number of rotatable bonds is 6. The Labute approximate surface area is 199 Å². The fourth-order valence-electron chi connectivity index (χ4n) is 5.02. The molecule has 8 heteroatoms. The van der Waals surface area contributed by atoms with Gasteiger partial charge >= 0.3 is 0 Å². The van der Waals surface area contributed by atoms with Crippen molar-refractivity contribution in [1.29, 1.82) is 0 Å². The third-order valence-corrected chi connectivity index (χ3v) is 8.65. The van der Waals surface area contributed by atoms with Crippen molar-refractivity contribution in [2.75, 3.05) is 26.4 Å². The van der Waals surface area contributed by atoms with Crippen LogP contribution in [0.5, 0.6) is 0 Å². The molecule has 3 aliphatic heterocycles. The molecule has 172 valence electrons. The standard InChI is InChI=1S/C22H30BrN2O3P.CH5P/c1-3-6-17(28-13-22-7-4-9-25(22)10-5-8-22)24-21(26)18-14(2)20(29)19(23)16-12-27-11-15(16)18;1-2/h6H,3-5,7-13,29H2,1-2H3,(H,24,26);2H2,1H3/b17-6-;. The fraction of sp³-hybridized carbons (Fsp3) is 0.609. The summed E-state index contributed by atoms with van der Waals surface area (Å²) in [7, 11) is 5.16. The van der Waals surface area contributed by atoms with E-state index in [9.17, 15) is 4.79 Å². The van der Waals surface area contributed by atoms with Gasteiger partial charge in [-0.3, -0.25) is 15.0 Å². The summed E-state index contributed by atoms with van der Waals surface area (Å²) in [6.45, 7) is 9.95. The van der Waals surface area contributed by atoms with Crippen LogP contribution in [0.15, 0.2) is 16.4 Å². The van der Waals surface area contributed by atoms with Crippen LogP contribution in [0.3, 0.4) is 0 Å². The molecule has 1 aromatic rings. The Morgan fingerprint density at radius 3 is 2.55 bits per heavy atom. The van der Waals surface area contributed by atoms with E-state index >= 15 is 0 Å². The van der Waals surface area contributed by atoms with E-state index in [0.29, 0.717) is 31.3 Å². The van der Waals surface area contributed by atoms with Gasteiger partial charge in [-0.2, -0.15) is 0 Å². The Balaban J connectivity index is 0.00000132. The number of nitrogens with zero attached hydrogens (tertiary/aromatic N) is 1. The molecule has 0 spiro atoms. The first-order valence-corrected chi connectivity index (χ1v) is 13.6. The van der Waals surface area contributed by atoms with E-state index in [4.69, 9.17) is 9.47 Å². The van der Waals surface area contributed by atoms with Crippen molar-refractivity contribution < 1.29 is 14.3 Å². The largest absolute Gasteiger partial charge is 0.477 e. The van der Waals surface area contributed by atoms with Crippen molar-refractivity contribution >= 4 is 45.6 Å². The normalized spacial score (nSPS) is 19.5. The molecule has 4 rings (SSSR count). The van der Waals surface area contributed by atoms with Crippen molar-refractivity contribution in [1.82, 2.24) is 10.2 Å². The van der Waals surface area contributed by atoms with Gasteiger partial charge in [0.15, 0.2) is 5.88 Å². The van der Waals surface area contributed by atoms with Crippen LogP contribution in [0.1, 0.15) is 66.1 Å². The number of carbonyl (C=O) groups excluding carboxylic acids is 1. The Morgan fingerprint density at radius 1 is 1.26 bits per heavy atom. The smallest absolute Gasteiger partial charge is 0.258 e. The second-order valence-corrected chi connectivity index (χ2v) is 9.69. The molecular formula is C23H35BrN2O3P2. The minimum atomic E-state index is -0.118. The molecular weight excluding hydrogens is 494 g/mol. The molecule has 2 fully saturated rings. The van der Waals surface area contributed by atoms with Crippen LogP contribution in [-0.2, 0) is 22.7 Å². The molecule has 0 aromatic heterocycles. The first-order chi connectivity index (χ1) is 15.0. The number of amides is 1. The first kappa shape index (κ1) is 25.1. The number of carbonyl (C=O) groups is 1. The monoisotopic (exact) mass is 528 g/mol. The Hall–Kier alpha value is -0.510. The Kier molecular flexibility index (Phi) is 8.97. The zero-order valence-electron chi connectivity index (χ0n) is 18.9. The number of allylic oxidation sites excluding steroid dienone is 1. The van der Waals surface area contributed by atoms with Crippen LogP contribution >= 0.6 is 34.4 Å². The Bertz CT molecular complexity index is 850. The number of ether oxygens (including phenoxy) is 2. The quantitative estimate of drug-likeness (QED) is 0.439. The lowest BCUT2D eigenvalue weighted by Crippen LogP contribution is -2.43.